The highest BCUT2D eigenvalue weighted by molar-refractivity contribution is 5.94. The highest BCUT2D eigenvalue weighted by Crippen LogP contribution is 2.18. The molecule has 1 aliphatic rings. The van der Waals surface area contributed by atoms with E-state index in [9.17, 15) is 4.79 Å². The van der Waals surface area contributed by atoms with E-state index in [0.29, 0.717) is 18.2 Å². The van der Waals surface area contributed by atoms with E-state index in [1.807, 2.05) is 19.1 Å². The number of ether oxygens (including phenoxy) is 1. The molecule has 0 amide bonds. The van der Waals surface area contributed by atoms with Gasteiger partial charge in [-0.2, -0.15) is 0 Å². The van der Waals surface area contributed by atoms with E-state index in [0.717, 1.165) is 38.0 Å². The van der Waals surface area contributed by atoms with Gasteiger partial charge in [0.05, 0.1) is 6.10 Å². The quantitative estimate of drug-likeness (QED) is 0.734. The molecule has 0 spiro atoms. The minimum absolute atomic E-state index is 0.145. The van der Waals surface area contributed by atoms with Crippen LogP contribution in [0.15, 0.2) is 18.2 Å². The van der Waals surface area contributed by atoms with Crippen molar-refractivity contribution in [3.05, 3.63) is 29.6 Å². The lowest BCUT2D eigenvalue weighted by Crippen LogP contribution is -2.07. The molecule has 0 bridgehead atoms. The van der Waals surface area contributed by atoms with Crippen LogP contribution in [-0.4, -0.2) is 23.5 Å². The molecular weight excluding hydrogens is 214 g/mol. The molecule has 1 unspecified atom stereocenters. The zero-order chi connectivity index (χ0) is 12.1. The molecule has 0 N–H and O–H groups in total. The summed E-state index contributed by atoms with van der Waals surface area (Å²) >= 11 is 0. The average Bonchev–Trinajstić information content (AvgIpc) is 2.82. The van der Waals surface area contributed by atoms with Crippen LogP contribution in [0.25, 0.3) is 0 Å². The number of hydrogen-bond acceptors (Lipinski definition) is 3. The third-order valence-electron chi connectivity index (χ3n) is 3.13. The first kappa shape index (κ1) is 12.2. The Bertz CT molecular complexity index is 384. The van der Waals surface area contributed by atoms with Crippen LogP contribution in [0, 0.1) is 6.92 Å². The molecule has 0 aliphatic carbocycles. The molecule has 3 heteroatoms. The Balaban J connectivity index is 1.77. The second-order valence-electron chi connectivity index (χ2n) is 4.61. The van der Waals surface area contributed by atoms with E-state index in [4.69, 9.17) is 4.74 Å². The Kier molecular flexibility index (Phi) is 4.26. The number of nitrogens with zero attached hydrogens (tertiary/aromatic N) is 1. The van der Waals surface area contributed by atoms with Crippen molar-refractivity contribution in [3.8, 4) is 0 Å². The van der Waals surface area contributed by atoms with Crippen LogP contribution in [-0.2, 0) is 4.74 Å². The van der Waals surface area contributed by atoms with Gasteiger partial charge in [-0.3, -0.25) is 9.78 Å². The first-order valence-electron chi connectivity index (χ1n) is 6.34. The highest BCUT2D eigenvalue weighted by Gasteiger charge is 2.16. The first-order valence-corrected chi connectivity index (χ1v) is 6.34. The van der Waals surface area contributed by atoms with Crippen molar-refractivity contribution in [2.24, 2.45) is 0 Å². The number of aromatic nitrogens is 1. The molecule has 17 heavy (non-hydrogen) atoms. The zero-order valence-corrected chi connectivity index (χ0v) is 10.3. The van der Waals surface area contributed by atoms with Crippen LogP contribution in [0.1, 0.15) is 48.3 Å². The summed E-state index contributed by atoms with van der Waals surface area (Å²) in [4.78, 5) is 16.1. The van der Waals surface area contributed by atoms with E-state index >= 15 is 0 Å². The number of ketones is 1. The zero-order valence-electron chi connectivity index (χ0n) is 10.3. The van der Waals surface area contributed by atoms with E-state index in [2.05, 4.69) is 4.98 Å². The third-order valence-corrected chi connectivity index (χ3v) is 3.13. The lowest BCUT2D eigenvalue weighted by Gasteiger charge is -2.08. The molecule has 0 radical (unpaired) electrons. The maximum atomic E-state index is 11.9. The number of Topliss-reactive ketones (excluding diaryl/α,β-unsaturated/α-hetero) is 1. The van der Waals surface area contributed by atoms with E-state index in [1.54, 1.807) is 6.07 Å². The molecular formula is C14H19NO2. The Morgan fingerprint density at radius 3 is 3.12 bits per heavy atom. The molecule has 1 aromatic heterocycles. The van der Waals surface area contributed by atoms with Gasteiger partial charge in [0.25, 0.3) is 0 Å². The van der Waals surface area contributed by atoms with Gasteiger partial charge in [0.2, 0.25) is 0 Å². The van der Waals surface area contributed by atoms with E-state index in [-0.39, 0.29) is 5.78 Å². The van der Waals surface area contributed by atoms with Crippen LogP contribution >= 0.6 is 0 Å². The summed E-state index contributed by atoms with van der Waals surface area (Å²) in [6, 6.07) is 5.58. The van der Waals surface area contributed by atoms with Crippen LogP contribution in [0.3, 0.4) is 0 Å². The lowest BCUT2D eigenvalue weighted by atomic mass is 10.1. The molecule has 1 fully saturated rings. The van der Waals surface area contributed by atoms with Gasteiger partial charge < -0.3 is 4.74 Å². The fourth-order valence-corrected chi connectivity index (χ4v) is 2.19. The van der Waals surface area contributed by atoms with Crippen molar-refractivity contribution in [2.75, 3.05) is 6.61 Å². The monoisotopic (exact) mass is 233 g/mol. The van der Waals surface area contributed by atoms with Gasteiger partial charge in [-0.15, -0.1) is 0 Å². The topological polar surface area (TPSA) is 39.2 Å². The Hall–Kier alpha value is -1.22. The summed E-state index contributed by atoms with van der Waals surface area (Å²) in [6.07, 6.45) is 5.18. The predicted octanol–water partition coefficient (Wildman–Crippen LogP) is 2.92. The predicted molar refractivity (Wildman–Crippen MR) is 66.1 cm³/mol. The van der Waals surface area contributed by atoms with E-state index in [1.165, 1.54) is 0 Å². The van der Waals surface area contributed by atoms with Gasteiger partial charge in [-0.1, -0.05) is 6.07 Å². The highest BCUT2D eigenvalue weighted by atomic mass is 16.5. The van der Waals surface area contributed by atoms with Crippen LogP contribution in [0.2, 0.25) is 0 Å². The second-order valence-corrected chi connectivity index (χ2v) is 4.61. The average molecular weight is 233 g/mol. The van der Waals surface area contributed by atoms with Crippen molar-refractivity contribution in [3.63, 3.8) is 0 Å². The molecule has 1 aromatic rings. The van der Waals surface area contributed by atoms with Gasteiger partial charge in [-0.05, 0) is 44.7 Å². The van der Waals surface area contributed by atoms with Crippen molar-refractivity contribution in [1.82, 2.24) is 4.98 Å². The minimum atomic E-state index is 0.145. The first-order chi connectivity index (χ1) is 8.25. The lowest BCUT2D eigenvalue weighted by molar-refractivity contribution is 0.0919. The maximum Gasteiger partial charge on any atom is 0.181 e. The number of rotatable bonds is 5. The number of carbonyl (C=O) groups is 1. The van der Waals surface area contributed by atoms with Gasteiger partial charge in [0.1, 0.15) is 5.69 Å². The molecule has 1 aliphatic heterocycles. The molecule has 1 atom stereocenters. The number of pyridine rings is 1. The van der Waals surface area contributed by atoms with Gasteiger partial charge in [0.15, 0.2) is 5.78 Å². The van der Waals surface area contributed by atoms with Crippen molar-refractivity contribution >= 4 is 5.78 Å². The van der Waals surface area contributed by atoms with Gasteiger partial charge in [0, 0.05) is 18.7 Å². The molecule has 92 valence electrons. The Morgan fingerprint density at radius 2 is 2.41 bits per heavy atom. The minimum Gasteiger partial charge on any atom is -0.378 e. The Morgan fingerprint density at radius 1 is 1.53 bits per heavy atom. The maximum absolute atomic E-state index is 11.9. The van der Waals surface area contributed by atoms with Crippen LogP contribution in [0.4, 0.5) is 0 Å². The van der Waals surface area contributed by atoms with Crippen molar-refractivity contribution in [2.45, 2.75) is 45.1 Å². The molecule has 2 heterocycles. The molecule has 2 rings (SSSR count). The van der Waals surface area contributed by atoms with Crippen molar-refractivity contribution < 1.29 is 9.53 Å². The fraction of sp³-hybridized carbons (Fsp3) is 0.571. The van der Waals surface area contributed by atoms with Crippen LogP contribution < -0.4 is 0 Å². The summed E-state index contributed by atoms with van der Waals surface area (Å²) in [5.74, 6) is 0.145. The standard InChI is InChI=1S/C14H19NO2/c1-11-5-2-8-13(15-11)14(16)9-3-6-12-7-4-10-17-12/h2,5,8,12H,3-4,6-7,9-10H2,1H3. The summed E-state index contributed by atoms with van der Waals surface area (Å²) in [7, 11) is 0. The Labute approximate surface area is 102 Å². The summed E-state index contributed by atoms with van der Waals surface area (Å²) in [6.45, 7) is 2.79. The summed E-state index contributed by atoms with van der Waals surface area (Å²) < 4.78 is 5.53. The molecule has 3 nitrogen and oxygen atoms in total. The number of hydrogen-bond donors (Lipinski definition) is 0. The number of aryl methyl sites for hydroxylation is 1. The third kappa shape index (κ3) is 3.63. The summed E-state index contributed by atoms with van der Waals surface area (Å²) in [5, 5.41) is 0. The van der Waals surface area contributed by atoms with Crippen molar-refractivity contribution in [1.29, 1.82) is 0 Å². The summed E-state index contributed by atoms with van der Waals surface area (Å²) in [5.41, 5.74) is 1.49. The smallest absolute Gasteiger partial charge is 0.181 e. The number of carbonyl (C=O) groups excluding carboxylic acids is 1. The van der Waals surface area contributed by atoms with E-state index < -0.39 is 0 Å². The van der Waals surface area contributed by atoms with Crippen LogP contribution in [0.5, 0.6) is 0 Å². The molecule has 1 saturated heterocycles. The largest absolute Gasteiger partial charge is 0.378 e. The van der Waals surface area contributed by atoms with Gasteiger partial charge in [-0.25, -0.2) is 0 Å². The molecule has 0 saturated carbocycles. The fourth-order valence-electron chi connectivity index (χ4n) is 2.19. The van der Waals surface area contributed by atoms with Gasteiger partial charge >= 0.3 is 0 Å². The normalized spacial score (nSPS) is 19.5. The SMILES string of the molecule is Cc1cccc(C(=O)CCCC2CCCO2)n1. The second kappa shape index (κ2) is 5.92. The molecule has 0 aromatic carbocycles.